The van der Waals surface area contributed by atoms with Crippen molar-refractivity contribution in [3.05, 3.63) is 58.6 Å². The highest BCUT2D eigenvalue weighted by Crippen LogP contribution is 2.32. The molecule has 0 saturated carbocycles. The minimum atomic E-state index is -0.449. The monoisotopic (exact) mass is 445 g/mol. The summed E-state index contributed by atoms with van der Waals surface area (Å²) in [6, 6.07) is 15.6. The number of halogens is 2. The highest BCUT2D eigenvalue weighted by Gasteiger charge is 2.23. The molecule has 1 aliphatic heterocycles. The van der Waals surface area contributed by atoms with Gasteiger partial charge in [-0.15, -0.1) is 0 Å². The lowest BCUT2D eigenvalue weighted by Crippen LogP contribution is -2.47. The van der Waals surface area contributed by atoms with E-state index in [1.807, 2.05) is 34.9 Å². The molecule has 7 heteroatoms. The van der Waals surface area contributed by atoms with Crippen molar-refractivity contribution in [3.8, 4) is 11.6 Å². The number of amides is 1. The number of fused-ring (bicyclic) bond motifs is 1. The number of carbonyl (C=O) groups excluding carboxylic acids is 1. The fourth-order valence-corrected chi connectivity index (χ4v) is 4.51. The average molecular weight is 446 g/mol. The van der Waals surface area contributed by atoms with E-state index in [9.17, 15) is 4.79 Å². The molecule has 30 heavy (non-hydrogen) atoms. The molecule has 0 spiro atoms. The summed E-state index contributed by atoms with van der Waals surface area (Å²) in [6.07, 6.45) is 1.38. The first kappa shape index (κ1) is 21.0. The van der Waals surface area contributed by atoms with Crippen molar-refractivity contribution in [2.24, 2.45) is 0 Å². The predicted molar refractivity (Wildman–Crippen MR) is 122 cm³/mol. The third-order valence-electron chi connectivity index (χ3n) is 5.56. The Labute approximate surface area is 186 Å². The smallest absolute Gasteiger partial charge is 0.393 e. The van der Waals surface area contributed by atoms with Crippen molar-refractivity contribution in [1.29, 1.82) is 0 Å². The van der Waals surface area contributed by atoms with Crippen LogP contribution in [0.4, 0.5) is 4.79 Å². The van der Waals surface area contributed by atoms with Gasteiger partial charge in [-0.2, -0.15) is 0 Å². The molecule has 2 heterocycles. The van der Waals surface area contributed by atoms with Crippen LogP contribution in [0.5, 0.6) is 5.88 Å². The molecule has 1 aromatic heterocycles. The zero-order valence-corrected chi connectivity index (χ0v) is 18.6. The topological polar surface area (TPSA) is 46.5 Å². The van der Waals surface area contributed by atoms with Crippen LogP contribution in [0.3, 0.4) is 0 Å². The Hall–Kier alpha value is -2.21. The SMILES string of the molecule is CC(C)N1CCC(NC(=O)Oc2cc3ccccc3n2-c2cc(Cl)cc(Cl)c2)CC1. The first-order valence-electron chi connectivity index (χ1n) is 10.2. The fourth-order valence-electron chi connectivity index (χ4n) is 3.99. The lowest BCUT2D eigenvalue weighted by molar-refractivity contribution is 0.151. The van der Waals surface area contributed by atoms with Gasteiger partial charge in [-0.05, 0) is 51.0 Å². The molecule has 1 saturated heterocycles. The summed E-state index contributed by atoms with van der Waals surface area (Å²) in [5, 5.41) is 5.01. The lowest BCUT2D eigenvalue weighted by Gasteiger charge is -2.34. The fraction of sp³-hybridized carbons (Fsp3) is 0.348. The maximum absolute atomic E-state index is 12.7. The van der Waals surface area contributed by atoms with E-state index in [4.69, 9.17) is 27.9 Å². The largest absolute Gasteiger partial charge is 0.414 e. The second-order valence-corrected chi connectivity index (χ2v) is 8.82. The number of likely N-dealkylation sites (tertiary alicyclic amines) is 1. The van der Waals surface area contributed by atoms with Crippen molar-refractivity contribution in [2.45, 2.75) is 38.8 Å². The first-order chi connectivity index (χ1) is 14.4. The number of piperidine rings is 1. The number of carbonyl (C=O) groups is 1. The Morgan fingerprint density at radius 3 is 2.40 bits per heavy atom. The Morgan fingerprint density at radius 2 is 1.73 bits per heavy atom. The third kappa shape index (κ3) is 4.59. The second-order valence-electron chi connectivity index (χ2n) is 7.94. The Kier molecular flexibility index (Phi) is 6.23. The van der Waals surface area contributed by atoms with E-state index in [1.165, 1.54) is 0 Å². The van der Waals surface area contributed by atoms with Gasteiger partial charge in [0.15, 0.2) is 0 Å². The molecule has 158 valence electrons. The van der Waals surface area contributed by atoms with Gasteiger partial charge in [0, 0.05) is 46.7 Å². The number of aromatic nitrogens is 1. The van der Waals surface area contributed by atoms with Crippen molar-refractivity contribution >= 4 is 40.2 Å². The van der Waals surface area contributed by atoms with Crippen molar-refractivity contribution in [1.82, 2.24) is 14.8 Å². The van der Waals surface area contributed by atoms with Gasteiger partial charge in [0.1, 0.15) is 0 Å². The summed E-state index contributed by atoms with van der Waals surface area (Å²) in [5.41, 5.74) is 1.64. The minimum absolute atomic E-state index is 0.117. The Bertz CT molecular complexity index is 1040. The molecule has 0 atom stereocenters. The molecule has 0 unspecified atom stereocenters. The van der Waals surface area contributed by atoms with E-state index in [0.717, 1.165) is 42.5 Å². The number of nitrogens with one attached hydrogen (secondary N) is 1. The van der Waals surface area contributed by atoms with E-state index in [0.29, 0.717) is 22.0 Å². The van der Waals surface area contributed by atoms with Gasteiger partial charge in [-0.3, -0.25) is 4.57 Å². The molecule has 0 bridgehead atoms. The maximum Gasteiger partial charge on any atom is 0.414 e. The molecule has 5 nitrogen and oxygen atoms in total. The summed E-state index contributed by atoms with van der Waals surface area (Å²) in [5.74, 6) is 0.423. The van der Waals surface area contributed by atoms with Gasteiger partial charge in [0.25, 0.3) is 0 Å². The first-order valence-corrected chi connectivity index (χ1v) is 11.0. The molecule has 0 aliphatic carbocycles. The molecule has 1 amide bonds. The second kappa shape index (κ2) is 8.88. The molecule has 0 radical (unpaired) electrons. The molecule has 2 aromatic carbocycles. The highest BCUT2D eigenvalue weighted by molar-refractivity contribution is 6.34. The van der Waals surface area contributed by atoms with Gasteiger partial charge < -0.3 is 15.0 Å². The molecule has 1 N–H and O–H groups in total. The zero-order chi connectivity index (χ0) is 21.3. The van der Waals surface area contributed by atoms with Crippen molar-refractivity contribution in [3.63, 3.8) is 0 Å². The third-order valence-corrected chi connectivity index (χ3v) is 6.00. The number of ether oxygens (including phenoxy) is 1. The highest BCUT2D eigenvalue weighted by atomic mass is 35.5. The number of rotatable bonds is 4. The van der Waals surface area contributed by atoms with Crippen LogP contribution in [0.1, 0.15) is 26.7 Å². The van der Waals surface area contributed by atoms with E-state index < -0.39 is 6.09 Å². The van der Waals surface area contributed by atoms with E-state index in [-0.39, 0.29) is 6.04 Å². The lowest BCUT2D eigenvalue weighted by atomic mass is 10.0. The van der Waals surface area contributed by atoms with Gasteiger partial charge in [0.05, 0.1) is 11.2 Å². The van der Waals surface area contributed by atoms with Crippen LogP contribution in [-0.2, 0) is 0 Å². The van der Waals surface area contributed by atoms with Crippen LogP contribution in [-0.4, -0.2) is 40.7 Å². The van der Waals surface area contributed by atoms with Crippen LogP contribution in [0.25, 0.3) is 16.6 Å². The molecule has 4 rings (SSSR count). The summed E-state index contributed by atoms with van der Waals surface area (Å²) in [7, 11) is 0. The quantitative estimate of drug-likeness (QED) is 0.543. The van der Waals surface area contributed by atoms with Gasteiger partial charge >= 0.3 is 6.09 Å². The number of para-hydroxylation sites is 1. The summed E-state index contributed by atoms with van der Waals surface area (Å²) >= 11 is 12.4. The number of benzene rings is 2. The van der Waals surface area contributed by atoms with E-state index >= 15 is 0 Å². The molecule has 1 fully saturated rings. The number of hydrogen-bond acceptors (Lipinski definition) is 3. The normalized spacial score (nSPS) is 15.6. The van der Waals surface area contributed by atoms with Crippen LogP contribution in [0.15, 0.2) is 48.5 Å². The maximum atomic E-state index is 12.7. The van der Waals surface area contributed by atoms with E-state index in [1.54, 1.807) is 18.2 Å². The molecule has 1 aliphatic rings. The predicted octanol–water partition coefficient (Wildman–Crippen LogP) is 5.90. The number of nitrogens with zero attached hydrogens (tertiary/aromatic N) is 2. The van der Waals surface area contributed by atoms with Gasteiger partial charge in [-0.1, -0.05) is 41.4 Å². The molecule has 3 aromatic rings. The Balaban J connectivity index is 1.56. The van der Waals surface area contributed by atoms with Crippen LogP contribution < -0.4 is 10.1 Å². The van der Waals surface area contributed by atoms with E-state index in [2.05, 4.69) is 24.1 Å². The summed E-state index contributed by atoms with van der Waals surface area (Å²) < 4.78 is 7.61. The Morgan fingerprint density at radius 1 is 1.07 bits per heavy atom. The standard InChI is InChI=1S/C23H25Cl2N3O2/c1-15(2)27-9-7-19(8-10-27)26-23(29)30-22-11-16-5-3-4-6-21(16)28(22)20-13-17(24)12-18(25)14-20/h3-6,11-15,19H,7-10H2,1-2H3,(H,26,29). The minimum Gasteiger partial charge on any atom is -0.393 e. The summed E-state index contributed by atoms with van der Waals surface area (Å²) in [6.45, 7) is 6.35. The summed E-state index contributed by atoms with van der Waals surface area (Å²) in [4.78, 5) is 15.1. The van der Waals surface area contributed by atoms with Gasteiger partial charge in [-0.25, -0.2) is 4.79 Å². The van der Waals surface area contributed by atoms with Crippen molar-refractivity contribution < 1.29 is 9.53 Å². The molecular weight excluding hydrogens is 421 g/mol. The number of hydrogen-bond donors (Lipinski definition) is 1. The molecular formula is C23H25Cl2N3O2. The van der Waals surface area contributed by atoms with Crippen LogP contribution >= 0.6 is 23.2 Å². The average Bonchev–Trinajstić information content (AvgIpc) is 3.05. The zero-order valence-electron chi connectivity index (χ0n) is 17.1. The van der Waals surface area contributed by atoms with Crippen LogP contribution in [0, 0.1) is 0 Å². The van der Waals surface area contributed by atoms with Crippen LogP contribution in [0.2, 0.25) is 10.0 Å². The van der Waals surface area contributed by atoms with Gasteiger partial charge in [0.2, 0.25) is 5.88 Å². The van der Waals surface area contributed by atoms with Crippen molar-refractivity contribution in [2.75, 3.05) is 13.1 Å².